The van der Waals surface area contributed by atoms with E-state index in [1.54, 1.807) is 0 Å². The number of hydrogen-bond acceptors (Lipinski definition) is 5. The van der Waals surface area contributed by atoms with E-state index in [1.807, 2.05) is 0 Å². The fourth-order valence-electron chi connectivity index (χ4n) is 2.35. The van der Waals surface area contributed by atoms with E-state index in [0.29, 0.717) is 13.0 Å². The summed E-state index contributed by atoms with van der Waals surface area (Å²) in [5.74, 6) is -1.38. The number of aromatic nitrogens is 2. The number of carboxylic acid groups (broad SMARTS) is 1. The van der Waals surface area contributed by atoms with Crippen molar-refractivity contribution < 1.29 is 23.1 Å². The molecule has 2 heterocycles. The highest BCUT2D eigenvalue weighted by Gasteiger charge is 2.28. The highest BCUT2D eigenvalue weighted by atomic mass is 32.2. The number of nitrogens with zero attached hydrogens (tertiary/aromatic N) is 1. The first-order chi connectivity index (χ1) is 9.92. The molecule has 2 rings (SSSR count). The smallest absolute Gasteiger partial charge is 0.357 e. The number of aromatic amines is 1. The number of carbonyl (C=O) groups is 1. The predicted molar refractivity (Wildman–Crippen MR) is 73.7 cm³/mol. The Labute approximate surface area is 122 Å². The highest BCUT2D eigenvalue weighted by molar-refractivity contribution is 7.89. The Morgan fingerprint density at radius 2 is 2.29 bits per heavy atom. The van der Waals surface area contributed by atoms with Gasteiger partial charge in [0.05, 0.1) is 11.8 Å². The zero-order valence-electron chi connectivity index (χ0n) is 11.8. The van der Waals surface area contributed by atoms with Gasteiger partial charge in [-0.3, -0.25) is 5.10 Å². The summed E-state index contributed by atoms with van der Waals surface area (Å²) >= 11 is 0. The molecular weight excluding hydrogens is 298 g/mol. The fourth-order valence-corrected chi connectivity index (χ4v) is 3.72. The Morgan fingerprint density at radius 1 is 1.52 bits per heavy atom. The predicted octanol–water partition coefficient (Wildman–Crippen LogP) is 0.654. The minimum Gasteiger partial charge on any atom is -0.476 e. The number of nitrogens with one attached hydrogen (secondary N) is 2. The van der Waals surface area contributed by atoms with Crippen LogP contribution in [-0.2, 0) is 14.8 Å². The zero-order chi connectivity index (χ0) is 15.5. The summed E-state index contributed by atoms with van der Waals surface area (Å²) in [6.45, 7) is 2.39. The van der Waals surface area contributed by atoms with Crippen molar-refractivity contribution >= 4 is 16.0 Å². The third-order valence-corrected chi connectivity index (χ3v) is 5.02. The van der Waals surface area contributed by atoms with Crippen molar-refractivity contribution in [1.82, 2.24) is 14.9 Å². The van der Waals surface area contributed by atoms with Gasteiger partial charge in [0.25, 0.3) is 0 Å². The number of hydrogen-bond donors (Lipinski definition) is 3. The molecule has 9 heteroatoms. The summed E-state index contributed by atoms with van der Waals surface area (Å²) in [5.41, 5.74) is -0.289. The molecule has 21 heavy (non-hydrogen) atoms. The van der Waals surface area contributed by atoms with Gasteiger partial charge in [0.1, 0.15) is 4.90 Å². The minimum absolute atomic E-state index is 0.0610. The zero-order valence-corrected chi connectivity index (χ0v) is 12.6. The van der Waals surface area contributed by atoms with Gasteiger partial charge in [0, 0.05) is 13.2 Å². The highest BCUT2D eigenvalue weighted by Crippen LogP contribution is 2.18. The van der Waals surface area contributed by atoms with Crippen LogP contribution in [0.5, 0.6) is 0 Å². The topological polar surface area (TPSA) is 121 Å². The van der Waals surface area contributed by atoms with Crippen LogP contribution in [0.3, 0.4) is 0 Å². The third-order valence-electron chi connectivity index (χ3n) is 3.39. The Hall–Kier alpha value is -1.45. The van der Waals surface area contributed by atoms with E-state index in [9.17, 15) is 13.2 Å². The molecule has 1 aliphatic heterocycles. The van der Waals surface area contributed by atoms with Crippen LogP contribution < -0.4 is 4.72 Å². The normalized spacial score (nSPS) is 19.6. The number of aryl methyl sites for hydroxylation is 1. The van der Waals surface area contributed by atoms with Crippen LogP contribution in [0.15, 0.2) is 4.90 Å². The van der Waals surface area contributed by atoms with Crippen LogP contribution >= 0.6 is 0 Å². The number of aromatic carboxylic acids is 1. The van der Waals surface area contributed by atoms with E-state index in [-0.39, 0.29) is 23.2 Å². The number of rotatable bonds is 6. The third kappa shape index (κ3) is 3.80. The van der Waals surface area contributed by atoms with Crippen molar-refractivity contribution in [3.8, 4) is 0 Å². The van der Waals surface area contributed by atoms with Crippen LogP contribution in [0.1, 0.15) is 41.9 Å². The fraction of sp³-hybridized carbons (Fsp3) is 0.667. The maximum absolute atomic E-state index is 12.2. The largest absolute Gasteiger partial charge is 0.476 e. The average Bonchev–Trinajstić information content (AvgIpc) is 2.83. The molecule has 1 aromatic rings. The summed E-state index contributed by atoms with van der Waals surface area (Å²) in [5, 5.41) is 14.9. The molecule has 118 valence electrons. The number of H-pyrrole nitrogens is 1. The van der Waals surface area contributed by atoms with Crippen molar-refractivity contribution in [3.05, 3.63) is 11.4 Å². The molecule has 1 aromatic heterocycles. The van der Waals surface area contributed by atoms with Crippen LogP contribution in [-0.4, -0.2) is 48.9 Å². The molecule has 1 saturated heterocycles. The number of ether oxygens (including phenoxy) is 1. The minimum atomic E-state index is -3.90. The first kappa shape index (κ1) is 15.9. The molecule has 1 atom stereocenters. The molecule has 0 bridgehead atoms. The first-order valence-electron chi connectivity index (χ1n) is 6.81. The lowest BCUT2D eigenvalue weighted by atomic mass is 10.1. The summed E-state index contributed by atoms with van der Waals surface area (Å²) in [6, 6.07) is 0. The molecule has 3 N–H and O–H groups in total. The number of carboxylic acids is 1. The summed E-state index contributed by atoms with van der Waals surface area (Å²) in [6.07, 6.45) is 3.68. The maximum Gasteiger partial charge on any atom is 0.357 e. The molecule has 0 aliphatic carbocycles. The SMILES string of the molecule is Cc1[nH]nc(C(=O)O)c1S(=O)(=O)NCCC1CCCCO1. The lowest BCUT2D eigenvalue weighted by molar-refractivity contribution is 0.0123. The van der Waals surface area contributed by atoms with Crippen LogP contribution in [0.2, 0.25) is 0 Å². The van der Waals surface area contributed by atoms with E-state index in [4.69, 9.17) is 9.84 Å². The van der Waals surface area contributed by atoms with Gasteiger partial charge >= 0.3 is 5.97 Å². The molecule has 0 spiro atoms. The lowest BCUT2D eigenvalue weighted by Gasteiger charge is -2.22. The van der Waals surface area contributed by atoms with E-state index < -0.39 is 21.7 Å². The Kier molecular flexibility index (Phi) is 4.96. The second kappa shape index (κ2) is 6.54. The molecule has 0 amide bonds. The second-order valence-corrected chi connectivity index (χ2v) is 6.71. The molecule has 0 radical (unpaired) electrons. The molecule has 1 aliphatic rings. The summed E-state index contributed by atoms with van der Waals surface area (Å²) < 4.78 is 32.3. The summed E-state index contributed by atoms with van der Waals surface area (Å²) in [4.78, 5) is 10.7. The number of sulfonamides is 1. The van der Waals surface area contributed by atoms with Gasteiger partial charge in [0.15, 0.2) is 5.69 Å². The van der Waals surface area contributed by atoms with Gasteiger partial charge in [-0.05, 0) is 32.6 Å². The van der Waals surface area contributed by atoms with Gasteiger partial charge in [0.2, 0.25) is 10.0 Å². The standard InChI is InChI=1S/C12H19N3O5S/c1-8-11(10(12(16)17)15-14-8)21(18,19)13-6-5-9-4-2-3-7-20-9/h9,13H,2-7H2,1H3,(H,14,15)(H,16,17). The summed E-state index contributed by atoms with van der Waals surface area (Å²) in [7, 11) is -3.90. The Bertz CT molecular complexity index is 604. The molecular formula is C12H19N3O5S. The van der Waals surface area contributed by atoms with E-state index in [1.165, 1.54) is 6.92 Å². The van der Waals surface area contributed by atoms with E-state index >= 15 is 0 Å². The Morgan fingerprint density at radius 3 is 2.90 bits per heavy atom. The molecule has 0 aromatic carbocycles. The van der Waals surface area contributed by atoms with E-state index in [2.05, 4.69) is 14.9 Å². The van der Waals surface area contributed by atoms with Crippen molar-refractivity contribution in [2.24, 2.45) is 0 Å². The van der Waals surface area contributed by atoms with Crippen molar-refractivity contribution in [1.29, 1.82) is 0 Å². The van der Waals surface area contributed by atoms with Gasteiger partial charge in [-0.2, -0.15) is 5.10 Å². The molecule has 8 nitrogen and oxygen atoms in total. The maximum atomic E-state index is 12.2. The molecule has 1 fully saturated rings. The average molecular weight is 317 g/mol. The van der Waals surface area contributed by atoms with Gasteiger partial charge in [-0.25, -0.2) is 17.9 Å². The van der Waals surface area contributed by atoms with E-state index in [0.717, 1.165) is 19.3 Å². The second-order valence-electron chi connectivity index (χ2n) is 5.01. The van der Waals surface area contributed by atoms with Gasteiger partial charge < -0.3 is 9.84 Å². The molecule has 0 saturated carbocycles. The quantitative estimate of drug-likeness (QED) is 0.708. The van der Waals surface area contributed by atoms with Crippen LogP contribution in [0.25, 0.3) is 0 Å². The van der Waals surface area contributed by atoms with Crippen LogP contribution in [0.4, 0.5) is 0 Å². The van der Waals surface area contributed by atoms with Gasteiger partial charge in [-0.15, -0.1) is 0 Å². The van der Waals surface area contributed by atoms with Gasteiger partial charge in [-0.1, -0.05) is 0 Å². The van der Waals surface area contributed by atoms with Crippen LogP contribution in [0, 0.1) is 6.92 Å². The first-order valence-corrected chi connectivity index (χ1v) is 8.29. The van der Waals surface area contributed by atoms with Crippen molar-refractivity contribution in [2.75, 3.05) is 13.2 Å². The lowest BCUT2D eigenvalue weighted by Crippen LogP contribution is -2.30. The van der Waals surface area contributed by atoms with Crippen molar-refractivity contribution in [2.45, 2.75) is 43.6 Å². The Balaban J connectivity index is 2.01. The monoisotopic (exact) mass is 317 g/mol. The molecule has 1 unspecified atom stereocenters. The van der Waals surface area contributed by atoms with Crippen molar-refractivity contribution in [3.63, 3.8) is 0 Å².